The molecule has 108 valence electrons. The van der Waals surface area contributed by atoms with Crippen molar-refractivity contribution in [3.8, 4) is 0 Å². The van der Waals surface area contributed by atoms with Gasteiger partial charge in [0.2, 0.25) is 0 Å². The quantitative estimate of drug-likeness (QED) is 0.763. The molecule has 1 aliphatic rings. The minimum Gasteiger partial charge on any atom is -0.341 e. The lowest BCUT2D eigenvalue weighted by atomic mass is 10.1. The maximum absolute atomic E-state index is 13.1. The highest BCUT2D eigenvalue weighted by Gasteiger charge is 2.31. The minimum atomic E-state index is -0.395. The Hall–Kier alpha value is -2.31. The minimum absolute atomic E-state index is 0.0469. The average molecular weight is 280 g/mol. The van der Waals surface area contributed by atoms with Gasteiger partial charge < -0.3 is 20.9 Å². The molecule has 6 nitrogen and oxygen atoms in total. The van der Waals surface area contributed by atoms with E-state index in [1.54, 1.807) is 17.9 Å². The highest BCUT2D eigenvalue weighted by molar-refractivity contribution is 5.91. The molecule has 1 aromatic rings. The van der Waals surface area contributed by atoms with Crippen LogP contribution in [0, 0.1) is 12.7 Å². The van der Waals surface area contributed by atoms with E-state index < -0.39 is 5.82 Å². The van der Waals surface area contributed by atoms with Crippen LogP contribution in [0.25, 0.3) is 0 Å². The van der Waals surface area contributed by atoms with Crippen molar-refractivity contribution in [1.82, 2.24) is 15.5 Å². The van der Waals surface area contributed by atoms with Crippen LogP contribution < -0.4 is 16.0 Å². The molecule has 0 atom stereocenters. The van der Waals surface area contributed by atoms with Gasteiger partial charge in [-0.1, -0.05) is 6.07 Å². The zero-order valence-corrected chi connectivity index (χ0v) is 11.4. The van der Waals surface area contributed by atoms with Gasteiger partial charge in [0.1, 0.15) is 5.82 Å². The fourth-order valence-electron chi connectivity index (χ4n) is 1.92. The number of aryl methyl sites for hydroxylation is 1. The number of urea groups is 2. The van der Waals surface area contributed by atoms with Gasteiger partial charge in [-0.3, -0.25) is 0 Å². The molecule has 1 aliphatic heterocycles. The van der Waals surface area contributed by atoms with Crippen molar-refractivity contribution >= 4 is 17.7 Å². The van der Waals surface area contributed by atoms with E-state index in [0.29, 0.717) is 18.8 Å². The zero-order valence-electron chi connectivity index (χ0n) is 11.4. The highest BCUT2D eigenvalue weighted by atomic mass is 19.1. The summed E-state index contributed by atoms with van der Waals surface area (Å²) in [5.74, 6) is -0.395. The van der Waals surface area contributed by atoms with Crippen molar-refractivity contribution in [3.05, 3.63) is 29.6 Å². The van der Waals surface area contributed by atoms with Crippen molar-refractivity contribution in [1.29, 1.82) is 0 Å². The number of nitrogens with one attached hydrogen (secondary N) is 3. The molecule has 20 heavy (non-hydrogen) atoms. The third-order valence-corrected chi connectivity index (χ3v) is 3.17. The van der Waals surface area contributed by atoms with Crippen LogP contribution in [0.1, 0.15) is 5.56 Å². The number of anilines is 1. The lowest BCUT2D eigenvalue weighted by Crippen LogP contribution is -2.62. The van der Waals surface area contributed by atoms with Crippen molar-refractivity contribution < 1.29 is 14.0 Å². The summed E-state index contributed by atoms with van der Waals surface area (Å²) in [5, 5.41) is 7.81. The Balaban J connectivity index is 1.85. The number of nitrogens with zero attached hydrogens (tertiary/aromatic N) is 1. The number of carbonyl (C=O) groups is 2. The number of rotatable bonds is 2. The first kappa shape index (κ1) is 14.1. The number of hydrogen-bond acceptors (Lipinski definition) is 2. The molecule has 0 aromatic heterocycles. The van der Waals surface area contributed by atoms with E-state index in [0.717, 1.165) is 5.56 Å². The van der Waals surface area contributed by atoms with E-state index in [1.807, 2.05) is 0 Å². The molecular weight excluding hydrogens is 263 g/mol. The highest BCUT2D eigenvalue weighted by Crippen LogP contribution is 2.18. The second-order valence-electron chi connectivity index (χ2n) is 4.71. The smallest absolute Gasteiger partial charge is 0.321 e. The fourth-order valence-corrected chi connectivity index (χ4v) is 1.92. The number of amides is 4. The Morgan fingerprint density at radius 2 is 2.05 bits per heavy atom. The summed E-state index contributed by atoms with van der Waals surface area (Å²) >= 11 is 0. The number of benzene rings is 1. The van der Waals surface area contributed by atoms with Crippen molar-refractivity contribution in [2.75, 3.05) is 25.5 Å². The largest absolute Gasteiger partial charge is 0.341 e. The number of halogens is 1. The maximum Gasteiger partial charge on any atom is 0.321 e. The van der Waals surface area contributed by atoms with Gasteiger partial charge in [0.25, 0.3) is 0 Å². The molecule has 3 N–H and O–H groups in total. The van der Waals surface area contributed by atoms with E-state index in [-0.39, 0.29) is 18.1 Å². The molecule has 1 fully saturated rings. The van der Waals surface area contributed by atoms with E-state index >= 15 is 0 Å². The van der Waals surface area contributed by atoms with E-state index in [1.165, 1.54) is 19.2 Å². The maximum atomic E-state index is 13.1. The molecular formula is C13H17FN4O2. The molecule has 2 rings (SSSR count). The summed E-state index contributed by atoms with van der Waals surface area (Å²) in [5.41, 5.74) is 1.25. The molecule has 0 aliphatic carbocycles. The van der Waals surface area contributed by atoms with Crippen LogP contribution in [0.5, 0.6) is 0 Å². The molecule has 0 bridgehead atoms. The van der Waals surface area contributed by atoms with Crippen molar-refractivity contribution in [2.45, 2.75) is 13.0 Å². The van der Waals surface area contributed by atoms with Gasteiger partial charge in [-0.05, 0) is 24.6 Å². The third-order valence-electron chi connectivity index (χ3n) is 3.17. The van der Waals surface area contributed by atoms with Gasteiger partial charge in [0, 0.05) is 25.8 Å². The van der Waals surface area contributed by atoms with Crippen LogP contribution >= 0.6 is 0 Å². The van der Waals surface area contributed by atoms with Gasteiger partial charge in [-0.25, -0.2) is 14.0 Å². The number of hydrogen-bond donors (Lipinski definition) is 3. The second-order valence-corrected chi connectivity index (χ2v) is 4.71. The van der Waals surface area contributed by atoms with Crippen LogP contribution in [0.3, 0.4) is 0 Å². The first-order chi connectivity index (χ1) is 9.49. The molecule has 1 aromatic carbocycles. The summed E-state index contributed by atoms with van der Waals surface area (Å²) in [6.45, 7) is 2.67. The molecule has 1 saturated heterocycles. The summed E-state index contributed by atoms with van der Waals surface area (Å²) in [7, 11) is 1.53. The zero-order chi connectivity index (χ0) is 14.7. The van der Waals surface area contributed by atoms with Crippen LogP contribution in [0.15, 0.2) is 18.2 Å². The summed E-state index contributed by atoms with van der Waals surface area (Å²) in [6.07, 6.45) is 0. The van der Waals surface area contributed by atoms with Gasteiger partial charge in [0.05, 0.1) is 6.04 Å². The predicted molar refractivity (Wildman–Crippen MR) is 73.1 cm³/mol. The fraction of sp³-hybridized carbons (Fsp3) is 0.385. The summed E-state index contributed by atoms with van der Waals surface area (Å²) in [4.78, 5) is 24.6. The van der Waals surface area contributed by atoms with Crippen molar-refractivity contribution in [3.63, 3.8) is 0 Å². The molecule has 7 heteroatoms. The van der Waals surface area contributed by atoms with Crippen molar-refractivity contribution in [2.24, 2.45) is 0 Å². The number of carbonyl (C=O) groups excluding carboxylic acids is 2. The number of likely N-dealkylation sites (tertiary alicyclic amines) is 1. The SMILES string of the molecule is CNC(=O)NC1CN(C(=O)Nc2cc(F)ccc2C)C1. The monoisotopic (exact) mass is 280 g/mol. The van der Waals surface area contributed by atoms with Crippen LogP contribution in [0.4, 0.5) is 19.7 Å². The Kier molecular flexibility index (Phi) is 4.07. The Bertz CT molecular complexity index is 529. The van der Waals surface area contributed by atoms with Gasteiger partial charge >= 0.3 is 12.1 Å². The van der Waals surface area contributed by atoms with Crippen LogP contribution in [0.2, 0.25) is 0 Å². The molecule has 1 heterocycles. The molecule has 0 saturated carbocycles. The first-order valence-electron chi connectivity index (χ1n) is 6.30. The van der Waals surface area contributed by atoms with E-state index in [4.69, 9.17) is 0 Å². The van der Waals surface area contributed by atoms with Gasteiger partial charge in [0.15, 0.2) is 0 Å². The topological polar surface area (TPSA) is 73.5 Å². The molecule has 0 radical (unpaired) electrons. The molecule has 0 unspecified atom stereocenters. The molecule has 0 spiro atoms. The summed E-state index contributed by atoms with van der Waals surface area (Å²) in [6, 6.07) is 3.63. The van der Waals surface area contributed by atoms with E-state index in [9.17, 15) is 14.0 Å². The average Bonchev–Trinajstić information content (AvgIpc) is 2.37. The lowest BCUT2D eigenvalue weighted by molar-refractivity contribution is 0.150. The molecule has 4 amide bonds. The van der Waals surface area contributed by atoms with Gasteiger partial charge in [-0.2, -0.15) is 0 Å². The normalized spacial score (nSPS) is 14.4. The lowest BCUT2D eigenvalue weighted by Gasteiger charge is -2.39. The Morgan fingerprint density at radius 3 is 2.70 bits per heavy atom. The predicted octanol–water partition coefficient (Wildman–Crippen LogP) is 1.28. The van der Waals surface area contributed by atoms with Crippen LogP contribution in [-0.4, -0.2) is 43.1 Å². The standard InChI is InChI=1S/C13H17FN4O2/c1-8-3-4-9(14)5-11(8)17-13(20)18-6-10(7-18)16-12(19)15-2/h3-5,10H,6-7H2,1-2H3,(H,17,20)(H2,15,16,19). The van der Waals surface area contributed by atoms with E-state index in [2.05, 4.69) is 16.0 Å². The second kappa shape index (κ2) is 5.77. The summed E-state index contributed by atoms with van der Waals surface area (Å²) < 4.78 is 13.1. The first-order valence-corrected chi connectivity index (χ1v) is 6.30. The third kappa shape index (κ3) is 3.17. The van der Waals surface area contributed by atoms with Crippen LogP contribution in [-0.2, 0) is 0 Å². The van der Waals surface area contributed by atoms with Gasteiger partial charge in [-0.15, -0.1) is 0 Å². The Labute approximate surface area is 116 Å². The Morgan fingerprint density at radius 1 is 1.35 bits per heavy atom.